The third kappa shape index (κ3) is 2.50. The maximum Gasteiger partial charge on any atom is 0.0806 e. The van der Waals surface area contributed by atoms with Gasteiger partial charge in [0.05, 0.1) is 11.9 Å². The van der Waals surface area contributed by atoms with Gasteiger partial charge in [-0.05, 0) is 27.4 Å². The zero-order valence-corrected chi connectivity index (χ0v) is 10.1. The molecule has 1 atom stereocenters. The smallest absolute Gasteiger partial charge is 0.0806 e. The van der Waals surface area contributed by atoms with Crippen molar-refractivity contribution in [3.8, 4) is 0 Å². The van der Waals surface area contributed by atoms with Crippen molar-refractivity contribution >= 4 is 15.9 Å². The molecule has 0 bridgehead atoms. The number of hydrogen-bond donors (Lipinski definition) is 0. The molecule has 13 heavy (non-hydrogen) atoms. The van der Waals surface area contributed by atoms with E-state index in [4.69, 9.17) is 0 Å². The Morgan fingerprint density at radius 1 is 1.38 bits per heavy atom. The molecule has 72 valence electrons. The van der Waals surface area contributed by atoms with E-state index in [9.17, 15) is 0 Å². The van der Waals surface area contributed by atoms with Crippen molar-refractivity contribution < 1.29 is 0 Å². The van der Waals surface area contributed by atoms with Gasteiger partial charge in [0, 0.05) is 10.4 Å². The molecule has 0 aliphatic heterocycles. The lowest BCUT2D eigenvalue weighted by Gasteiger charge is -2.26. The molecule has 1 aromatic heterocycles. The minimum atomic E-state index is 0.221. The monoisotopic (exact) mass is 242 g/mol. The second kappa shape index (κ2) is 3.74. The van der Waals surface area contributed by atoms with Crippen LogP contribution >= 0.6 is 15.9 Å². The predicted octanol–water partition coefficient (Wildman–Crippen LogP) is 3.39. The zero-order valence-electron chi connectivity index (χ0n) is 8.50. The van der Waals surface area contributed by atoms with E-state index in [2.05, 4.69) is 53.8 Å². The highest BCUT2D eigenvalue weighted by Gasteiger charge is 2.24. The van der Waals surface area contributed by atoms with Gasteiger partial charge in [-0.1, -0.05) is 27.7 Å². The van der Waals surface area contributed by atoms with E-state index >= 15 is 0 Å². The van der Waals surface area contributed by atoms with Crippen molar-refractivity contribution in [3.05, 3.63) is 22.4 Å². The Kier molecular flexibility index (Phi) is 3.06. The van der Waals surface area contributed by atoms with E-state index in [0.29, 0.717) is 5.92 Å². The second-order valence-corrected chi connectivity index (χ2v) is 5.21. The van der Waals surface area contributed by atoms with Crippen LogP contribution in [0, 0.1) is 5.41 Å². The number of nitrogens with zero attached hydrogens (tertiary/aromatic N) is 2. The molecular weight excluding hydrogens is 228 g/mol. The first-order valence-electron chi connectivity index (χ1n) is 4.40. The van der Waals surface area contributed by atoms with E-state index in [0.717, 1.165) is 10.2 Å². The van der Waals surface area contributed by atoms with Crippen molar-refractivity contribution in [3.63, 3.8) is 0 Å². The molecule has 0 radical (unpaired) electrons. The van der Waals surface area contributed by atoms with E-state index in [1.54, 1.807) is 6.20 Å². The van der Waals surface area contributed by atoms with Crippen molar-refractivity contribution in [1.82, 2.24) is 10.2 Å². The van der Waals surface area contributed by atoms with Crippen molar-refractivity contribution in [2.45, 2.75) is 33.6 Å². The molecule has 1 aromatic rings. The number of rotatable bonds is 1. The van der Waals surface area contributed by atoms with Crippen LogP contribution in [0.25, 0.3) is 0 Å². The fourth-order valence-corrected chi connectivity index (χ4v) is 1.57. The summed E-state index contributed by atoms with van der Waals surface area (Å²) in [4.78, 5) is 0. The highest BCUT2D eigenvalue weighted by Crippen LogP contribution is 2.35. The summed E-state index contributed by atoms with van der Waals surface area (Å²) >= 11 is 3.49. The summed E-state index contributed by atoms with van der Waals surface area (Å²) in [6.45, 7) is 8.80. The van der Waals surface area contributed by atoms with Gasteiger partial charge in [-0.3, -0.25) is 0 Å². The molecular formula is C10H15BrN2. The third-order valence-corrected chi connectivity index (χ3v) is 3.08. The first kappa shape index (κ1) is 10.6. The maximum atomic E-state index is 4.15. The molecule has 1 unspecified atom stereocenters. The van der Waals surface area contributed by atoms with Crippen LogP contribution in [0.1, 0.15) is 39.3 Å². The Balaban J connectivity index is 3.02. The van der Waals surface area contributed by atoms with Crippen LogP contribution < -0.4 is 0 Å². The van der Waals surface area contributed by atoms with Crippen molar-refractivity contribution in [2.24, 2.45) is 5.41 Å². The Labute approximate surface area is 87.9 Å². The van der Waals surface area contributed by atoms with Gasteiger partial charge in [-0.2, -0.15) is 10.2 Å². The Hall–Kier alpha value is -0.440. The van der Waals surface area contributed by atoms with Crippen molar-refractivity contribution in [1.29, 1.82) is 0 Å². The summed E-state index contributed by atoms with van der Waals surface area (Å²) in [7, 11) is 0. The van der Waals surface area contributed by atoms with Crippen LogP contribution in [0.4, 0.5) is 0 Å². The normalized spacial score (nSPS) is 14.2. The average Bonchev–Trinajstić information content (AvgIpc) is 2.02. The molecule has 3 heteroatoms. The first-order chi connectivity index (χ1) is 5.93. The van der Waals surface area contributed by atoms with Gasteiger partial charge in [0.2, 0.25) is 0 Å². The van der Waals surface area contributed by atoms with Crippen LogP contribution in [-0.2, 0) is 0 Å². The fourth-order valence-electron chi connectivity index (χ4n) is 1.03. The van der Waals surface area contributed by atoms with Gasteiger partial charge in [0.1, 0.15) is 0 Å². The molecule has 0 saturated carbocycles. The first-order valence-corrected chi connectivity index (χ1v) is 5.19. The average molecular weight is 243 g/mol. The van der Waals surface area contributed by atoms with Gasteiger partial charge in [0.15, 0.2) is 0 Å². The highest BCUT2D eigenvalue weighted by atomic mass is 79.9. The van der Waals surface area contributed by atoms with Gasteiger partial charge >= 0.3 is 0 Å². The molecule has 0 aromatic carbocycles. The Morgan fingerprint density at radius 2 is 2.00 bits per heavy atom. The fraction of sp³-hybridized carbons (Fsp3) is 0.600. The molecule has 1 rings (SSSR count). The largest absolute Gasteiger partial charge is 0.159 e. The summed E-state index contributed by atoms with van der Waals surface area (Å²) in [5.74, 6) is 0.399. The molecule has 2 nitrogen and oxygen atoms in total. The molecule has 0 fully saturated rings. The Bertz CT molecular complexity index is 291. The minimum absolute atomic E-state index is 0.221. The maximum absolute atomic E-state index is 4.15. The van der Waals surface area contributed by atoms with E-state index < -0.39 is 0 Å². The second-order valence-electron chi connectivity index (χ2n) is 4.35. The third-order valence-electron chi connectivity index (χ3n) is 2.41. The lowest BCUT2D eigenvalue weighted by molar-refractivity contribution is 0.331. The summed E-state index contributed by atoms with van der Waals surface area (Å²) in [6, 6.07) is 1.94. The molecule has 0 spiro atoms. The molecule has 0 amide bonds. The molecule has 0 aliphatic rings. The SMILES string of the molecule is CC(c1nnccc1Br)C(C)(C)C. The number of halogens is 1. The van der Waals surface area contributed by atoms with Gasteiger partial charge in [-0.15, -0.1) is 0 Å². The van der Waals surface area contributed by atoms with Crippen LogP contribution in [-0.4, -0.2) is 10.2 Å². The standard InChI is InChI=1S/C10H15BrN2/c1-7(10(2,3)4)9-8(11)5-6-12-13-9/h5-7H,1-4H3. The van der Waals surface area contributed by atoms with Crippen LogP contribution in [0.5, 0.6) is 0 Å². The predicted molar refractivity (Wildman–Crippen MR) is 57.6 cm³/mol. The minimum Gasteiger partial charge on any atom is -0.159 e. The molecule has 0 aliphatic carbocycles. The lowest BCUT2D eigenvalue weighted by Crippen LogP contribution is -2.17. The van der Waals surface area contributed by atoms with Crippen molar-refractivity contribution in [2.75, 3.05) is 0 Å². The topological polar surface area (TPSA) is 25.8 Å². The number of aromatic nitrogens is 2. The van der Waals surface area contributed by atoms with E-state index in [-0.39, 0.29) is 5.41 Å². The van der Waals surface area contributed by atoms with Gasteiger partial charge in [0.25, 0.3) is 0 Å². The summed E-state index contributed by atoms with van der Waals surface area (Å²) < 4.78 is 1.05. The van der Waals surface area contributed by atoms with Crippen LogP contribution in [0.3, 0.4) is 0 Å². The summed E-state index contributed by atoms with van der Waals surface area (Å²) in [5, 5.41) is 8.05. The zero-order chi connectivity index (χ0) is 10.1. The highest BCUT2D eigenvalue weighted by molar-refractivity contribution is 9.10. The summed E-state index contributed by atoms with van der Waals surface area (Å²) in [5.41, 5.74) is 1.26. The van der Waals surface area contributed by atoms with E-state index in [1.807, 2.05) is 6.07 Å². The van der Waals surface area contributed by atoms with Gasteiger partial charge < -0.3 is 0 Å². The van der Waals surface area contributed by atoms with Crippen LogP contribution in [0.2, 0.25) is 0 Å². The van der Waals surface area contributed by atoms with Gasteiger partial charge in [-0.25, -0.2) is 0 Å². The van der Waals surface area contributed by atoms with E-state index in [1.165, 1.54) is 0 Å². The molecule has 0 N–H and O–H groups in total. The molecule has 1 heterocycles. The molecule has 0 saturated heterocycles. The lowest BCUT2D eigenvalue weighted by atomic mass is 9.80. The quantitative estimate of drug-likeness (QED) is 0.755. The summed E-state index contributed by atoms with van der Waals surface area (Å²) in [6.07, 6.45) is 1.70. The number of hydrogen-bond acceptors (Lipinski definition) is 2. The Morgan fingerprint density at radius 3 is 2.46 bits per heavy atom. The van der Waals surface area contributed by atoms with Crippen LogP contribution in [0.15, 0.2) is 16.7 Å².